The van der Waals surface area contributed by atoms with Crippen LogP contribution in [0.2, 0.25) is 5.02 Å². The Morgan fingerprint density at radius 2 is 1.87 bits per heavy atom. The highest BCUT2D eigenvalue weighted by Crippen LogP contribution is 2.33. The molecule has 0 saturated heterocycles. The number of phenolic OH excluding ortho intramolecular Hbond substituents is 1. The first-order chi connectivity index (χ1) is 14.4. The van der Waals surface area contributed by atoms with Crippen LogP contribution in [-0.4, -0.2) is 38.1 Å². The fraction of sp³-hybridized carbons (Fsp3) is 0.227. The number of aliphatic carboxylic acids is 1. The van der Waals surface area contributed by atoms with Crippen molar-refractivity contribution in [2.24, 2.45) is 0 Å². The van der Waals surface area contributed by atoms with Gasteiger partial charge in [0.1, 0.15) is 5.54 Å². The third-order valence-corrected chi connectivity index (χ3v) is 5.25. The molecule has 162 valence electrons. The normalized spacial score (nSPS) is 11.5. The number of carbonyl (C=O) groups excluding carboxylic acids is 2. The molecule has 0 unspecified atom stereocenters. The van der Waals surface area contributed by atoms with E-state index in [1.807, 2.05) is 0 Å². The molecule has 3 N–H and O–H groups in total. The highest BCUT2D eigenvalue weighted by molar-refractivity contribution is 6.31. The van der Waals surface area contributed by atoms with Gasteiger partial charge in [0.25, 0.3) is 5.91 Å². The van der Waals surface area contributed by atoms with E-state index in [0.717, 1.165) is 6.07 Å². The van der Waals surface area contributed by atoms with E-state index in [2.05, 4.69) is 5.32 Å². The second kappa shape index (κ2) is 8.03. The fourth-order valence-corrected chi connectivity index (χ4v) is 3.55. The number of nitrogens with one attached hydrogen (secondary N) is 1. The lowest BCUT2D eigenvalue weighted by molar-refractivity contribution is -0.145. The van der Waals surface area contributed by atoms with Crippen LogP contribution in [0.25, 0.3) is 10.9 Å². The molecule has 1 heterocycles. The van der Waals surface area contributed by atoms with Gasteiger partial charge in [0, 0.05) is 21.7 Å². The summed E-state index contributed by atoms with van der Waals surface area (Å²) in [5.41, 5.74) is -0.673. The number of hydrogen-bond acceptors (Lipinski definition) is 4. The second-order valence-corrected chi connectivity index (χ2v) is 8.10. The monoisotopic (exact) mass is 446 g/mol. The van der Waals surface area contributed by atoms with Gasteiger partial charge in [0.2, 0.25) is 5.91 Å². The summed E-state index contributed by atoms with van der Waals surface area (Å²) in [7, 11) is 0. The van der Waals surface area contributed by atoms with Gasteiger partial charge in [0.05, 0.1) is 11.9 Å². The Hall–Kier alpha value is -3.39. The van der Waals surface area contributed by atoms with E-state index in [4.69, 9.17) is 11.6 Å². The molecular formula is C22H20ClFN2O5. The van der Waals surface area contributed by atoms with Crippen molar-refractivity contribution in [3.63, 3.8) is 0 Å². The number of hydrogen-bond donors (Lipinski definition) is 3. The summed E-state index contributed by atoms with van der Waals surface area (Å²) in [4.78, 5) is 37.0. The van der Waals surface area contributed by atoms with E-state index < -0.39 is 41.3 Å². The van der Waals surface area contributed by atoms with Gasteiger partial charge in [-0.1, -0.05) is 17.7 Å². The van der Waals surface area contributed by atoms with Gasteiger partial charge >= 0.3 is 5.97 Å². The summed E-state index contributed by atoms with van der Waals surface area (Å²) in [5, 5.41) is 21.7. The largest absolute Gasteiger partial charge is 0.505 e. The van der Waals surface area contributed by atoms with Crippen LogP contribution >= 0.6 is 11.6 Å². The molecule has 0 aliphatic heterocycles. The number of benzene rings is 2. The van der Waals surface area contributed by atoms with Gasteiger partial charge in [-0.25, -0.2) is 9.18 Å². The Balaban J connectivity index is 2.15. The van der Waals surface area contributed by atoms with E-state index in [9.17, 15) is 29.0 Å². The topological polar surface area (TPSA) is 109 Å². The van der Waals surface area contributed by atoms with E-state index in [1.54, 1.807) is 25.1 Å². The van der Waals surface area contributed by atoms with Gasteiger partial charge in [-0.15, -0.1) is 0 Å². The second-order valence-electron chi connectivity index (χ2n) is 7.66. The number of phenols is 1. The number of amides is 1. The van der Waals surface area contributed by atoms with E-state index >= 15 is 0 Å². The van der Waals surface area contributed by atoms with Gasteiger partial charge in [-0.3, -0.25) is 14.2 Å². The summed E-state index contributed by atoms with van der Waals surface area (Å²) >= 11 is 5.99. The minimum absolute atomic E-state index is 0.0869. The van der Waals surface area contributed by atoms with E-state index in [-0.39, 0.29) is 27.7 Å². The molecule has 0 saturated carbocycles. The molecule has 0 bridgehead atoms. The summed E-state index contributed by atoms with van der Waals surface area (Å²) < 4.78 is 16.1. The molecule has 0 aliphatic rings. The average Bonchev–Trinajstić information content (AvgIpc) is 2.95. The van der Waals surface area contributed by atoms with Crippen molar-refractivity contribution in [1.29, 1.82) is 0 Å². The lowest BCUT2D eigenvalue weighted by Gasteiger charge is -2.21. The smallest absolute Gasteiger partial charge is 0.328 e. The Labute approximate surface area is 182 Å². The van der Waals surface area contributed by atoms with Crippen molar-refractivity contribution in [2.45, 2.75) is 32.7 Å². The number of fused-ring (bicyclic) bond motifs is 1. The van der Waals surface area contributed by atoms with E-state index in [0.29, 0.717) is 5.02 Å². The fourth-order valence-electron chi connectivity index (χ4n) is 3.36. The summed E-state index contributed by atoms with van der Waals surface area (Å²) in [6, 6.07) is 8.73. The Morgan fingerprint density at radius 3 is 2.48 bits per heavy atom. The molecule has 3 aromatic rings. The maximum atomic E-state index is 14.9. The predicted octanol–water partition coefficient (Wildman–Crippen LogP) is 3.66. The number of carboxylic acids is 1. The van der Waals surface area contributed by atoms with Crippen molar-refractivity contribution < 1.29 is 29.0 Å². The van der Waals surface area contributed by atoms with Crippen LogP contribution in [0.3, 0.4) is 0 Å². The highest BCUT2D eigenvalue weighted by atomic mass is 35.5. The third-order valence-electron chi connectivity index (χ3n) is 5.01. The molecule has 0 fully saturated rings. The van der Waals surface area contributed by atoms with Gasteiger partial charge < -0.3 is 15.5 Å². The zero-order valence-electron chi connectivity index (χ0n) is 17.0. The number of carbonyl (C=O) groups is 3. The first kappa shape index (κ1) is 22.3. The predicted molar refractivity (Wildman–Crippen MR) is 113 cm³/mol. The number of aromatic nitrogens is 1. The summed E-state index contributed by atoms with van der Waals surface area (Å²) in [6.45, 7) is 4.18. The standard InChI is InChI=1S/C22H20ClFN2O5/c1-11-14(10-17(28)25-22(2,3)21(30)31)18-15(7-8-16(27)19(18)24)26(11)20(29)12-5-4-6-13(23)9-12/h4-9,27H,10H2,1-3H3,(H,25,28)(H,30,31). The van der Waals surface area contributed by atoms with Crippen LogP contribution < -0.4 is 5.32 Å². The quantitative estimate of drug-likeness (QED) is 0.554. The van der Waals surface area contributed by atoms with Crippen LogP contribution in [0.4, 0.5) is 4.39 Å². The number of rotatable bonds is 5. The zero-order valence-corrected chi connectivity index (χ0v) is 17.7. The van der Waals surface area contributed by atoms with Crippen molar-refractivity contribution in [2.75, 3.05) is 0 Å². The van der Waals surface area contributed by atoms with Crippen LogP contribution in [0.15, 0.2) is 36.4 Å². The van der Waals surface area contributed by atoms with E-state index in [1.165, 1.54) is 30.5 Å². The average molecular weight is 447 g/mol. The number of nitrogens with zero attached hydrogens (tertiary/aromatic N) is 1. The van der Waals surface area contributed by atoms with Gasteiger partial charge in [-0.2, -0.15) is 0 Å². The number of halogens is 2. The molecule has 0 radical (unpaired) electrons. The molecule has 2 aromatic carbocycles. The molecule has 7 nitrogen and oxygen atoms in total. The Bertz CT molecular complexity index is 1230. The highest BCUT2D eigenvalue weighted by Gasteiger charge is 2.31. The third kappa shape index (κ3) is 4.11. The van der Waals surface area contributed by atoms with Crippen molar-refractivity contribution in [3.8, 4) is 5.75 Å². The molecule has 1 amide bonds. The molecule has 3 rings (SSSR count). The Morgan fingerprint density at radius 1 is 1.19 bits per heavy atom. The number of aromatic hydroxyl groups is 1. The minimum atomic E-state index is -1.54. The molecule has 0 aliphatic carbocycles. The van der Waals surface area contributed by atoms with Crippen molar-refractivity contribution in [3.05, 3.63) is 64.1 Å². The Kier molecular flexibility index (Phi) is 5.78. The minimum Gasteiger partial charge on any atom is -0.505 e. The lowest BCUT2D eigenvalue weighted by atomic mass is 10.0. The van der Waals surface area contributed by atoms with Crippen LogP contribution in [-0.2, 0) is 16.0 Å². The van der Waals surface area contributed by atoms with Crippen LogP contribution in [0.5, 0.6) is 5.75 Å². The lowest BCUT2D eigenvalue weighted by Crippen LogP contribution is -2.50. The summed E-state index contributed by atoms with van der Waals surface area (Å²) in [5.74, 6) is -4.01. The first-order valence-electron chi connectivity index (χ1n) is 9.30. The van der Waals surface area contributed by atoms with Crippen LogP contribution in [0, 0.1) is 12.7 Å². The van der Waals surface area contributed by atoms with Crippen molar-refractivity contribution >= 4 is 40.3 Å². The summed E-state index contributed by atoms with van der Waals surface area (Å²) in [6.07, 6.45) is -0.394. The molecule has 31 heavy (non-hydrogen) atoms. The molecule has 0 atom stereocenters. The maximum Gasteiger partial charge on any atom is 0.328 e. The first-order valence-corrected chi connectivity index (χ1v) is 9.68. The molecular weight excluding hydrogens is 427 g/mol. The van der Waals surface area contributed by atoms with Gasteiger partial charge in [-0.05, 0) is 56.7 Å². The zero-order chi connectivity index (χ0) is 23.1. The maximum absolute atomic E-state index is 14.9. The molecule has 0 spiro atoms. The molecule has 1 aromatic heterocycles. The van der Waals surface area contributed by atoms with Crippen LogP contribution in [0.1, 0.15) is 35.5 Å². The SMILES string of the molecule is Cc1c(CC(=O)NC(C)(C)C(=O)O)c2c(F)c(O)ccc2n1C(=O)c1cccc(Cl)c1. The molecule has 9 heteroatoms. The van der Waals surface area contributed by atoms with Gasteiger partial charge in [0.15, 0.2) is 11.6 Å². The number of carboxylic acid groups (broad SMARTS) is 1. The van der Waals surface area contributed by atoms with Crippen molar-refractivity contribution in [1.82, 2.24) is 9.88 Å².